The zero-order chi connectivity index (χ0) is 15.3. The Morgan fingerprint density at radius 1 is 0.636 bits per heavy atom. The van der Waals surface area contributed by atoms with Crippen molar-refractivity contribution in [3.05, 3.63) is 94.5 Å². The Morgan fingerprint density at radius 2 is 1.09 bits per heavy atom. The average molecular weight is 305 g/mol. The Morgan fingerprint density at radius 3 is 1.59 bits per heavy atom. The summed E-state index contributed by atoms with van der Waals surface area (Å²) >= 11 is 7.37. The average Bonchev–Trinajstić information content (AvgIpc) is 2.79. The van der Waals surface area contributed by atoms with E-state index < -0.39 is 4.87 Å². The fourth-order valence-electron chi connectivity index (χ4n) is 3.81. The molecule has 0 bridgehead atoms. The van der Waals surface area contributed by atoms with Crippen LogP contribution in [0.3, 0.4) is 0 Å². The molecule has 0 fully saturated rings. The summed E-state index contributed by atoms with van der Waals surface area (Å²) < 4.78 is 0. The van der Waals surface area contributed by atoms with Crippen molar-refractivity contribution in [2.45, 2.75) is 18.7 Å². The molecule has 3 aromatic rings. The van der Waals surface area contributed by atoms with E-state index in [0.717, 1.165) is 0 Å². The minimum atomic E-state index is -0.595. The van der Waals surface area contributed by atoms with Crippen LogP contribution in [0.5, 0.6) is 0 Å². The van der Waals surface area contributed by atoms with E-state index >= 15 is 0 Å². The molecule has 1 aliphatic carbocycles. The molecule has 0 N–H and O–H groups in total. The molecule has 0 saturated carbocycles. The number of benzene rings is 3. The Balaban J connectivity index is 2.14. The SMILES string of the molecule is Cc1cccc(C)c1C1(Cl)c2ccccc2-c2ccccc21. The third-order valence-electron chi connectivity index (χ3n) is 4.71. The highest BCUT2D eigenvalue weighted by Crippen LogP contribution is 2.56. The number of hydrogen-bond acceptors (Lipinski definition) is 0. The van der Waals surface area contributed by atoms with E-state index in [0.29, 0.717) is 0 Å². The predicted molar refractivity (Wildman–Crippen MR) is 93.5 cm³/mol. The van der Waals surface area contributed by atoms with Crippen molar-refractivity contribution in [1.82, 2.24) is 0 Å². The summed E-state index contributed by atoms with van der Waals surface area (Å²) in [6, 6.07) is 23.4. The third-order valence-corrected chi connectivity index (χ3v) is 5.31. The first kappa shape index (κ1) is 13.6. The van der Waals surface area contributed by atoms with Gasteiger partial charge in [-0.3, -0.25) is 0 Å². The Labute approximate surface area is 136 Å². The molecule has 1 aliphatic rings. The van der Waals surface area contributed by atoms with Crippen LogP contribution >= 0.6 is 11.6 Å². The molecule has 0 spiro atoms. The molecule has 0 amide bonds. The van der Waals surface area contributed by atoms with Crippen LogP contribution < -0.4 is 0 Å². The van der Waals surface area contributed by atoms with E-state index in [1.165, 1.54) is 38.9 Å². The van der Waals surface area contributed by atoms with Crippen molar-refractivity contribution >= 4 is 11.6 Å². The van der Waals surface area contributed by atoms with E-state index in [1.54, 1.807) is 0 Å². The van der Waals surface area contributed by atoms with Crippen molar-refractivity contribution in [3.63, 3.8) is 0 Å². The minimum Gasteiger partial charge on any atom is -0.103 e. The van der Waals surface area contributed by atoms with Gasteiger partial charge in [0.05, 0.1) is 0 Å². The summed E-state index contributed by atoms with van der Waals surface area (Å²) in [4.78, 5) is -0.595. The molecule has 0 aromatic heterocycles. The minimum absolute atomic E-state index is 0.595. The molecule has 1 heteroatoms. The van der Waals surface area contributed by atoms with E-state index in [-0.39, 0.29) is 0 Å². The highest BCUT2D eigenvalue weighted by atomic mass is 35.5. The Hall–Kier alpha value is -2.05. The van der Waals surface area contributed by atoms with Gasteiger partial charge in [-0.2, -0.15) is 0 Å². The number of aryl methyl sites for hydroxylation is 2. The Kier molecular flexibility index (Phi) is 2.92. The van der Waals surface area contributed by atoms with Gasteiger partial charge >= 0.3 is 0 Å². The van der Waals surface area contributed by atoms with Gasteiger partial charge in [-0.15, -0.1) is 11.6 Å². The van der Waals surface area contributed by atoms with Crippen molar-refractivity contribution < 1.29 is 0 Å². The zero-order valence-electron chi connectivity index (χ0n) is 12.7. The topological polar surface area (TPSA) is 0 Å². The second-order valence-electron chi connectivity index (χ2n) is 6.02. The molecule has 0 aliphatic heterocycles. The van der Waals surface area contributed by atoms with Crippen LogP contribution in [0.2, 0.25) is 0 Å². The van der Waals surface area contributed by atoms with Crippen LogP contribution in [-0.2, 0) is 4.87 Å². The smallest absolute Gasteiger partial charge is 0.103 e. The van der Waals surface area contributed by atoms with E-state index in [9.17, 15) is 0 Å². The van der Waals surface area contributed by atoms with Gasteiger partial charge in [0.1, 0.15) is 4.87 Å². The van der Waals surface area contributed by atoms with Crippen molar-refractivity contribution in [1.29, 1.82) is 0 Å². The summed E-state index contributed by atoms with van der Waals surface area (Å²) in [7, 11) is 0. The molecule has 0 unspecified atom stereocenters. The fraction of sp³-hybridized carbons (Fsp3) is 0.143. The summed E-state index contributed by atoms with van der Waals surface area (Å²) in [5.74, 6) is 0. The molecule has 0 radical (unpaired) electrons. The van der Waals surface area contributed by atoms with Gasteiger partial charge < -0.3 is 0 Å². The van der Waals surface area contributed by atoms with Crippen LogP contribution in [0.4, 0.5) is 0 Å². The van der Waals surface area contributed by atoms with E-state index in [1.807, 2.05) is 0 Å². The maximum absolute atomic E-state index is 7.37. The fourth-order valence-corrected chi connectivity index (χ4v) is 4.44. The normalized spacial score (nSPS) is 14.5. The second kappa shape index (κ2) is 4.72. The molecule has 4 rings (SSSR count). The molecule has 0 saturated heterocycles. The monoisotopic (exact) mass is 304 g/mol. The first-order valence-electron chi connectivity index (χ1n) is 7.59. The largest absolute Gasteiger partial charge is 0.121 e. The molecule has 108 valence electrons. The number of hydrogen-bond donors (Lipinski definition) is 0. The van der Waals surface area contributed by atoms with Gasteiger partial charge in [0.2, 0.25) is 0 Å². The van der Waals surface area contributed by atoms with Gasteiger partial charge in [-0.1, -0.05) is 66.7 Å². The molecule has 0 heterocycles. The Bertz CT molecular complexity index is 811. The lowest BCUT2D eigenvalue weighted by molar-refractivity contribution is 0.886. The number of fused-ring (bicyclic) bond motifs is 3. The van der Waals surface area contributed by atoms with Crippen LogP contribution in [0.25, 0.3) is 11.1 Å². The van der Waals surface area contributed by atoms with Crippen LogP contribution in [0, 0.1) is 13.8 Å². The van der Waals surface area contributed by atoms with Gasteiger partial charge in [0.25, 0.3) is 0 Å². The molecule has 0 atom stereocenters. The van der Waals surface area contributed by atoms with E-state index in [2.05, 4.69) is 80.6 Å². The van der Waals surface area contributed by atoms with E-state index in [4.69, 9.17) is 11.6 Å². The summed E-state index contributed by atoms with van der Waals surface area (Å²) in [6.45, 7) is 4.30. The van der Waals surface area contributed by atoms with Gasteiger partial charge in [0.15, 0.2) is 0 Å². The summed E-state index contributed by atoms with van der Waals surface area (Å²) in [5.41, 5.74) is 8.56. The maximum atomic E-state index is 7.37. The number of halogens is 1. The maximum Gasteiger partial charge on any atom is 0.121 e. The molecule has 0 nitrogen and oxygen atoms in total. The van der Waals surface area contributed by atoms with Crippen molar-refractivity contribution in [2.24, 2.45) is 0 Å². The predicted octanol–water partition coefficient (Wildman–Crippen LogP) is 5.81. The molecular weight excluding hydrogens is 288 g/mol. The quantitative estimate of drug-likeness (QED) is 0.497. The van der Waals surface area contributed by atoms with Crippen molar-refractivity contribution in [3.8, 4) is 11.1 Å². The standard InChI is InChI=1S/C21H17Cl/c1-14-8-7-9-15(2)20(14)21(22)18-12-5-3-10-16(18)17-11-4-6-13-19(17)21/h3-13H,1-2H3. The lowest BCUT2D eigenvalue weighted by Gasteiger charge is -2.29. The second-order valence-corrected chi connectivity index (χ2v) is 6.58. The van der Waals surface area contributed by atoms with Crippen LogP contribution in [-0.4, -0.2) is 0 Å². The summed E-state index contributed by atoms with van der Waals surface area (Å²) in [5, 5.41) is 0. The lowest BCUT2D eigenvalue weighted by atomic mass is 9.83. The van der Waals surface area contributed by atoms with Crippen molar-refractivity contribution in [2.75, 3.05) is 0 Å². The van der Waals surface area contributed by atoms with Crippen LogP contribution in [0.15, 0.2) is 66.7 Å². The van der Waals surface area contributed by atoms with Gasteiger partial charge in [-0.05, 0) is 52.8 Å². The first-order valence-corrected chi connectivity index (χ1v) is 7.97. The molecule has 3 aromatic carbocycles. The molecule has 22 heavy (non-hydrogen) atoms. The van der Waals surface area contributed by atoms with Crippen LogP contribution in [0.1, 0.15) is 27.8 Å². The lowest BCUT2D eigenvalue weighted by Crippen LogP contribution is -2.22. The van der Waals surface area contributed by atoms with Gasteiger partial charge in [-0.25, -0.2) is 0 Å². The number of rotatable bonds is 1. The summed E-state index contributed by atoms with van der Waals surface area (Å²) in [6.07, 6.45) is 0. The highest BCUT2D eigenvalue weighted by Gasteiger charge is 2.44. The third kappa shape index (κ3) is 1.65. The van der Waals surface area contributed by atoms with Gasteiger partial charge in [0, 0.05) is 0 Å². The number of alkyl halides is 1. The highest BCUT2D eigenvalue weighted by molar-refractivity contribution is 6.30. The molecular formula is C21H17Cl. The first-order chi connectivity index (χ1) is 10.6. The zero-order valence-corrected chi connectivity index (χ0v) is 13.5.